The summed E-state index contributed by atoms with van der Waals surface area (Å²) in [5, 5.41) is 16.8. The molecule has 5 rings (SSSR count). The molecule has 1 amide bonds. The van der Waals surface area contributed by atoms with Crippen LogP contribution in [-0.4, -0.2) is 23.5 Å². The number of anilines is 1. The van der Waals surface area contributed by atoms with Gasteiger partial charge < -0.3 is 10.1 Å². The number of aromatic nitrogens is 1. The quantitative estimate of drug-likeness (QED) is 0.270. The third kappa shape index (κ3) is 5.26. The number of benzene rings is 1. The number of thiophene rings is 2. The van der Waals surface area contributed by atoms with Crippen molar-refractivity contribution >= 4 is 62.1 Å². The fourth-order valence-electron chi connectivity index (χ4n) is 4.77. The van der Waals surface area contributed by atoms with Crippen LogP contribution < -0.4 is 5.32 Å². The lowest BCUT2D eigenvalue weighted by Gasteiger charge is -2.36. The molecule has 0 bridgehead atoms. The Labute approximate surface area is 229 Å². The lowest BCUT2D eigenvalue weighted by Crippen LogP contribution is -2.29. The summed E-state index contributed by atoms with van der Waals surface area (Å²) in [5.74, 6) is -0.746. The third-order valence-corrected chi connectivity index (χ3v) is 8.52. The van der Waals surface area contributed by atoms with Crippen molar-refractivity contribution in [3.8, 4) is 6.07 Å². The molecule has 1 N–H and O–H groups in total. The second kappa shape index (κ2) is 10.5. The third-order valence-electron chi connectivity index (χ3n) is 6.88. The Bertz CT molecular complexity index is 1590. The Kier molecular flexibility index (Phi) is 7.15. The predicted molar refractivity (Wildman–Crippen MR) is 153 cm³/mol. The predicted octanol–water partition coefficient (Wildman–Crippen LogP) is 7.17. The topological polar surface area (TPSA) is 92.1 Å². The van der Waals surface area contributed by atoms with Crippen molar-refractivity contribution in [3.05, 3.63) is 80.5 Å². The zero-order chi connectivity index (χ0) is 26.9. The molecule has 0 saturated heterocycles. The molecular formula is C30H27N3O3S2. The summed E-state index contributed by atoms with van der Waals surface area (Å²) in [6, 6.07) is 15.3. The van der Waals surface area contributed by atoms with Crippen molar-refractivity contribution in [2.24, 2.45) is 11.3 Å². The van der Waals surface area contributed by atoms with Crippen LogP contribution in [0.15, 0.2) is 53.2 Å². The van der Waals surface area contributed by atoms with Crippen molar-refractivity contribution in [2.75, 3.05) is 11.9 Å². The molecule has 0 aliphatic heterocycles. The SMILES string of the molecule is CC(C)(C)C1C/C(=C\c2cccs2)c2nc3ccccc3c(C(=O)OCC(=O)Nc3sccc3C#N)c2C1. The minimum Gasteiger partial charge on any atom is -0.452 e. The number of amides is 1. The molecule has 0 spiro atoms. The van der Waals surface area contributed by atoms with Gasteiger partial charge in [-0.15, -0.1) is 22.7 Å². The first kappa shape index (κ1) is 25.8. The van der Waals surface area contributed by atoms with Crippen molar-refractivity contribution in [3.63, 3.8) is 0 Å². The number of esters is 1. The lowest BCUT2D eigenvalue weighted by atomic mass is 9.69. The summed E-state index contributed by atoms with van der Waals surface area (Å²) in [5.41, 5.74) is 4.37. The smallest absolute Gasteiger partial charge is 0.339 e. The largest absolute Gasteiger partial charge is 0.452 e. The van der Waals surface area contributed by atoms with Gasteiger partial charge in [-0.1, -0.05) is 45.0 Å². The molecule has 1 aromatic carbocycles. The number of nitriles is 1. The molecule has 1 aliphatic rings. The minimum atomic E-state index is -0.549. The van der Waals surface area contributed by atoms with Crippen LogP contribution >= 0.6 is 22.7 Å². The number of pyridine rings is 1. The van der Waals surface area contributed by atoms with E-state index >= 15 is 0 Å². The number of ether oxygens (including phenoxy) is 1. The van der Waals surface area contributed by atoms with E-state index in [4.69, 9.17) is 9.72 Å². The average Bonchev–Trinajstić information content (AvgIpc) is 3.57. The van der Waals surface area contributed by atoms with Gasteiger partial charge in [-0.2, -0.15) is 5.26 Å². The Morgan fingerprint density at radius 1 is 1.13 bits per heavy atom. The number of hydrogen-bond donors (Lipinski definition) is 1. The highest BCUT2D eigenvalue weighted by Gasteiger charge is 2.35. The number of fused-ring (bicyclic) bond motifs is 2. The van der Waals surface area contributed by atoms with E-state index in [2.05, 4.69) is 43.6 Å². The molecule has 3 aromatic heterocycles. The van der Waals surface area contributed by atoms with Crippen LogP contribution in [0.4, 0.5) is 5.00 Å². The zero-order valence-electron chi connectivity index (χ0n) is 21.4. The van der Waals surface area contributed by atoms with E-state index in [-0.39, 0.29) is 5.41 Å². The molecule has 0 saturated carbocycles. The van der Waals surface area contributed by atoms with Gasteiger partial charge in [-0.25, -0.2) is 9.78 Å². The number of rotatable bonds is 5. The lowest BCUT2D eigenvalue weighted by molar-refractivity contribution is -0.119. The molecule has 4 aromatic rings. The van der Waals surface area contributed by atoms with Gasteiger partial charge in [0.1, 0.15) is 11.1 Å². The van der Waals surface area contributed by atoms with Gasteiger partial charge in [0.2, 0.25) is 0 Å². The van der Waals surface area contributed by atoms with E-state index in [1.807, 2.05) is 36.4 Å². The molecule has 192 valence electrons. The highest BCUT2D eigenvalue weighted by atomic mass is 32.1. The van der Waals surface area contributed by atoms with Crippen LogP contribution in [0, 0.1) is 22.7 Å². The van der Waals surface area contributed by atoms with Crippen molar-refractivity contribution in [1.29, 1.82) is 5.26 Å². The maximum absolute atomic E-state index is 13.6. The van der Waals surface area contributed by atoms with Crippen LogP contribution in [0.2, 0.25) is 0 Å². The van der Waals surface area contributed by atoms with Crippen molar-refractivity contribution < 1.29 is 14.3 Å². The second-order valence-corrected chi connectivity index (χ2v) is 12.3. The maximum atomic E-state index is 13.6. The number of allylic oxidation sites excluding steroid dienone is 1. The molecule has 1 atom stereocenters. The number of hydrogen-bond acceptors (Lipinski definition) is 7. The first-order chi connectivity index (χ1) is 18.2. The normalized spacial score (nSPS) is 16.2. The van der Waals surface area contributed by atoms with E-state index in [1.54, 1.807) is 22.8 Å². The first-order valence-electron chi connectivity index (χ1n) is 12.3. The van der Waals surface area contributed by atoms with E-state index in [1.165, 1.54) is 11.3 Å². The Morgan fingerprint density at radius 2 is 1.95 bits per heavy atom. The van der Waals surface area contributed by atoms with Crippen LogP contribution in [-0.2, 0) is 16.0 Å². The fraction of sp³-hybridized carbons (Fsp3) is 0.267. The Hall–Kier alpha value is -3.80. The first-order valence-corrected chi connectivity index (χ1v) is 14.1. The maximum Gasteiger partial charge on any atom is 0.339 e. The van der Waals surface area contributed by atoms with E-state index in [9.17, 15) is 14.9 Å². The highest BCUT2D eigenvalue weighted by molar-refractivity contribution is 7.14. The molecule has 0 radical (unpaired) electrons. The van der Waals surface area contributed by atoms with Crippen LogP contribution in [0.3, 0.4) is 0 Å². The summed E-state index contributed by atoms with van der Waals surface area (Å²) >= 11 is 2.92. The number of para-hydroxylation sites is 1. The van der Waals surface area contributed by atoms with E-state index in [0.717, 1.165) is 28.1 Å². The standard InChI is InChI=1S/C30H27N3O3S2/c1-30(2,3)20-13-19(14-21-7-6-11-37-21)27-23(15-20)26(22-8-4-5-9-24(22)32-27)29(35)36-17-25(34)33-28-18(16-31)10-12-38-28/h4-12,14,20H,13,15,17H2,1-3H3,(H,33,34)/b19-14+. The van der Waals surface area contributed by atoms with Gasteiger partial charge in [-0.05, 0) is 70.3 Å². The number of carbonyl (C=O) groups excluding carboxylic acids is 2. The summed E-state index contributed by atoms with van der Waals surface area (Å²) in [6.45, 7) is 6.22. The molecule has 0 fully saturated rings. The second-order valence-electron chi connectivity index (χ2n) is 10.4. The molecule has 3 heterocycles. The van der Waals surface area contributed by atoms with Gasteiger partial charge in [0.15, 0.2) is 6.61 Å². The van der Waals surface area contributed by atoms with Crippen LogP contribution in [0.25, 0.3) is 22.6 Å². The van der Waals surface area contributed by atoms with Crippen molar-refractivity contribution in [2.45, 2.75) is 33.6 Å². The summed E-state index contributed by atoms with van der Waals surface area (Å²) < 4.78 is 5.57. The molecule has 1 aliphatic carbocycles. The van der Waals surface area contributed by atoms with Gasteiger partial charge in [0.25, 0.3) is 5.91 Å². The molecule has 8 heteroatoms. The minimum absolute atomic E-state index is 0.0120. The monoisotopic (exact) mass is 541 g/mol. The molecule has 1 unspecified atom stereocenters. The Morgan fingerprint density at radius 3 is 2.68 bits per heavy atom. The summed E-state index contributed by atoms with van der Waals surface area (Å²) in [7, 11) is 0. The van der Waals surface area contributed by atoms with E-state index in [0.29, 0.717) is 39.4 Å². The van der Waals surface area contributed by atoms with E-state index < -0.39 is 18.5 Å². The van der Waals surface area contributed by atoms with Gasteiger partial charge in [0, 0.05) is 10.3 Å². The molecule has 6 nitrogen and oxygen atoms in total. The van der Waals surface area contributed by atoms with Gasteiger partial charge in [-0.3, -0.25) is 4.79 Å². The summed E-state index contributed by atoms with van der Waals surface area (Å²) in [6.07, 6.45) is 3.73. The van der Waals surface area contributed by atoms with Crippen molar-refractivity contribution in [1.82, 2.24) is 4.98 Å². The zero-order valence-corrected chi connectivity index (χ0v) is 23.0. The molecular weight excluding hydrogens is 514 g/mol. The van der Waals surface area contributed by atoms with Gasteiger partial charge >= 0.3 is 5.97 Å². The summed E-state index contributed by atoms with van der Waals surface area (Å²) in [4.78, 5) is 32.4. The average molecular weight is 542 g/mol. The number of nitrogens with zero attached hydrogens (tertiary/aromatic N) is 2. The Balaban J connectivity index is 1.53. The highest BCUT2D eigenvalue weighted by Crippen LogP contribution is 2.45. The van der Waals surface area contributed by atoms with Crippen LogP contribution in [0.5, 0.6) is 0 Å². The number of carbonyl (C=O) groups is 2. The number of nitrogens with one attached hydrogen (secondary N) is 1. The van der Waals surface area contributed by atoms with Crippen LogP contribution in [0.1, 0.15) is 59.2 Å². The van der Waals surface area contributed by atoms with Gasteiger partial charge in [0.05, 0.1) is 22.3 Å². The fourth-order valence-corrected chi connectivity index (χ4v) is 6.21. The molecule has 38 heavy (non-hydrogen) atoms.